The highest BCUT2D eigenvalue weighted by Crippen LogP contribution is 2.04. The Morgan fingerprint density at radius 3 is 2.79 bits per heavy atom. The Labute approximate surface area is 81.4 Å². The number of rotatable bonds is 3. The zero-order chi connectivity index (χ0) is 10.6. The van der Waals surface area contributed by atoms with E-state index < -0.39 is 0 Å². The quantitative estimate of drug-likeness (QED) is 0.698. The van der Waals surface area contributed by atoms with Crippen molar-refractivity contribution in [3.8, 4) is 6.01 Å². The highest BCUT2D eigenvalue weighted by molar-refractivity contribution is 5.98. The van der Waals surface area contributed by atoms with Gasteiger partial charge in [-0.15, -0.1) is 5.10 Å². The third-order valence-electron chi connectivity index (χ3n) is 1.31. The molecule has 0 radical (unpaired) electrons. The van der Waals surface area contributed by atoms with Crippen LogP contribution in [0.15, 0.2) is 11.6 Å². The highest BCUT2D eigenvalue weighted by Gasteiger charge is 2.04. The molecule has 0 unspecified atom stereocenters. The van der Waals surface area contributed by atoms with E-state index in [-0.39, 0.29) is 17.9 Å². The number of hydrogen-bond acceptors (Lipinski definition) is 4. The monoisotopic (exact) mass is 196 g/mol. The van der Waals surface area contributed by atoms with Crippen molar-refractivity contribution in [2.75, 3.05) is 12.4 Å². The van der Waals surface area contributed by atoms with Gasteiger partial charge in [0.2, 0.25) is 5.95 Å². The minimum Gasteiger partial charge on any atom is -0.466 e. The number of nitrogens with zero attached hydrogens (tertiary/aromatic N) is 2. The summed E-state index contributed by atoms with van der Waals surface area (Å²) in [6, 6.07) is 0.192. The van der Waals surface area contributed by atoms with Crippen molar-refractivity contribution in [2.24, 2.45) is 0 Å². The summed E-state index contributed by atoms with van der Waals surface area (Å²) in [5.41, 5.74) is 0.911. The fraction of sp³-hybridized carbons (Fsp3) is 0.375. The van der Waals surface area contributed by atoms with Gasteiger partial charge in [0.15, 0.2) is 0 Å². The standard InChI is InChI=1S/C8H12N4O2/c1-5(2)4-6(13)9-7-10-8(14-3)12-11-7/h4H,1-3H3,(H2,9,10,11,12,13). The van der Waals surface area contributed by atoms with Crippen molar-refractivity contribution >= 4 is 11.9 Å². The van der Waals surface area contributed by atoms with E-state index in [0.29, 0.717) is 0 Å². The molecule has 0 aliphatic heterocycles. The molecule has 0 spiro atoms. The fourth-order valence-corrected chi connectivity index (χ4v) is 0.809. The lowest BCUT2D eigenvalue weighted by Gasteiger charge is -1.95. The van der Waals surface area contributed by atoms with E-state index in [9.17, 15) is 4.79 Å². The van der Waals surface area contributed by atoms with Gasteiger partial charge in [0.1, 0.15) is 0 Å². The van der Waals surface area contributed by atoms with Crippen molar-refractivity contribution in [2.45, 2.75) is 13.8 Å². The second kappa shape index (κ2) is 4.40. The van der Waals surface area contributed by atoms with Crippen LogP contribution >= 0.6 is 0 Å². The number of H-pyrrole nitrogens is 1. The van der Waals surface area contributed by atoms with Crippen LogP contribution in [0.4, 0.5) is 5.95 Å². The molecule has 2 N–H and O–H groups in total. The minimum atomic E-state index is -0.246. The van der Waals surface area contributed by atoms with Gasteiger partial charge in [-0.25, -0.2) is 5.10 Å². The molecule has 1 amide bonds. The number of anilines is 1. The molecule has 0 aliphatic carbocycles. The number of nitrogens with one attached hydrogen (secondary N) is 2. The Kier molecular flexibility index (Phi) is 3.22. The van der Waals surface area contributed by atoms with E-state index in [0.717, 1.165) is 5.57 Å². The van der Waals surface area contributed by atoms with Gasteiger partial charge in [-0.2, -0.15) is 4.98 Å². The number of allylic oxidation sites excluding steroid dienone is 1. The van der Waals surface area contributed by atoms with E-state index in [1.165, 1.54) is 13.2 Å². The maximum atomic E-state index is 11.2. The average molecular weight is 196 g/mol. The summed E-state index contributed by atoms with van der Waals surface area (Å²) in [4.78, 5) is 15.0. The predicted molar refractivity (Wildman–Crippen MR) is 51.0 cm³/mol. The fourth-order valence-electron chi connectivity index (χ4n) is 0.809. The van der Waals surface area contributed by atoms with E-state index in [1.807, 2.05) is 13.8 Å². The molecule has 0 aliphatic rings. The Morgan fingerprint density at radius 2 is 2.29 bits per heavy atom. The number of hydrogen-bond donors (Lipinski definition) is 2. The third kappa shape index (κ3) is 2.89. The van der Waals surface area contributed by atoms with Gasteiger partial charge >= 0.3 is 6.01 Å². The largest absolute Gasteiger partial charge is 0.466 e. The topological polar surface area (TPSA) is 79.9 Å². The van der Waals surface area contributed by atoms with E-state index >= 15 is 0 Å². The molecule has 76 valence electrons. The first-order valence-electron chi connectivity index (χ1n) is 4.04. The number of carbonyl (C=O) groups is 1. The number of aromatic nitrogens is 3. The summed E-state index contributed by atoms with van der Waals surface area (Å²) in [6.07, 6.45) is 1.47. The van der Waals surface area contributed by atoms with Crippen LogP contribution in [-0.2, 0) is 4.79 Å². The van der Waals surface area contributed by atoms with E-state index in [2.05, 4.69) is 20.5 Å². The first-order valence-corrected chi connectivity index (χ1v) is 4.04. The number of aromatic amines is 1. The molecule has 0 bridgehead atoms. The van der Waals surface area contributed by atoms with Crippen molar-refractivity contribution in [3.05, 3.63) is 11.6 Å². The Hall–Kier alpha value is -1.85. The molecule has 1 aromatic rings. The van der Waals surface area contributed by atoms with Gasteiger partial charge in [-0.05, 0) is 13.8 Å². The molecule has 6 heteroatoms. The maximum Gasteiger partial charge on any atom is 0.336 e. The molecule has 1 aromatic heterocycles. The van der Waals surface area contributed by atoms with Crippen LogP contribution in [0.1, 0.15) is 13.8 Å². The van der Waals surface area contributed by atoms with Crippen molar-refractivity contribution in [1.82, 2.24) is 15.2 Å². The van der Waals surface area contributed by atoms with Crippen LogP contribution in [-0.4, -0.2) is 28.2 Å². The number of ether oxygens (including phenoxy) is 1. The summed E-state index contributed by atoms with van der Waals surface area (Å²) >= 11 is 0. The second-order valence-corrected chi connectivity index (χ2v) is 2.88. The zero-order valence-electron chi connectivity index (χ0n) is 8.29. The first kappa shape index (κ1) is 10.2. The van der Waals surface area contributed by atoms with Gasteiger partial charge in [0.25, 0.3) is 5.91 Å². The van der Waals surface area contributed by atoms with Crippen LogP contribution in [0.25, 0.3) is 0 Å². The second-order valence-electron chi connectivity index (χ2n) is 2.88. The summed E-state index contributed by atoms with van der Waals surface area (Å²) in [6.45, 7) is 3.67. The predicted octanol–water partition coefficient (Wildman–Crippen LogP) is 0.718. The molecular weight excluding hydrogens is 184 g/mol. The van der Waals surface area contributed by atoms with Gasteiger partial charge in [-0.1, -0.05) is 5.57 Å². The Bertz CT molecular complexity index is 352. The summed E-state index contributed by atoms with van der Waals surface area (Å²) in [5, 5.41) is 8.69. The summed E-state index contributed by atoms with van der Waals surface area (Å²) in [7, 11) is 1.45. The van der Waals surface area contributed by atoms with Crippen LogP contribution in [0.2, 0.25) is 0 Å². The third-order valence-corrected chi connectivity index (χ3v) is 1.31. The SMILES string of the molecule is COc1n[nH]c(NC(=O)C=C(C)C)n1. The van der Waals surface area contributed by atoms with Crippen LogP contribution in [0, 0.1) is 0 Å². The minimum absolute atomic E-state index is 0.192. The maximum absolute atomic E-state index is 11.2. The molecule has 0 fully saturated rings. The van der Waals surface area contributed by atoms with Crippen molar-refractivity contribution < 1.29 is 9.53 Å². The molecule has 0 atom stereocenters. The first-order chi connectivity index (χ1) is 6.61. The molecule has 1 heterocycles. The molecular formula is C8H12N4O2. The van der Waals surface area contributed by atoms with Crippen molar-refractivity contribution in [1.29, 1.82) is 0 Å². The molecule has 6 nitrogen and oxygen atoms in total. The van der Waals surface area contributed by atoms with Crippen LogP contribution in [0.5, 0.6) is 6.01 Å². The highest BCUT2D eigenvalue weighted by atomic mass is 16.5. The number of amides is 1. The number of carbonyl (C=O) groups excluding carboxylic acids is 1. The van der Waals surface area contributed by atoms with Crippen LogP contribution < -0.4 is 10.1 Å². The molecule has 1 rings (SSSR count). The molecule has 0 saturated carbocycles. The van der Waals surface area contributed by atoms with Gasteiger partial charge in [0, 0.05) is 6.08 Å². The Morgan fingerprint density at radius 1 is 1.57 bits per heavy atom. The smallest absolute Gasteiger partial charge is 0.336 e. The lowest BCUT2D eigenvalue weighted by molar-refractivity contribution is -0.112. The Balaban J connectivity index is 2.60. The van der Waals surface area contributed by atoms with Gasteiger partial charge in [0.05, 0.1) is 7.11 Å². The molecule has 0 aromatic carbocycles. The summed E-state index contributed by atoms with van der Waals surface area (Å²) < 4.78 is 4.74. The molecule has 0 saturated heterocycles. The summed E-state index contributed by atoms with van der Waals surface area (Å²) in [5.74, 6) is 0.0214. The average Bonchev–Trinajstić information content (AvgIpc) is 2.50. The molecule has 14 heavy (non-hydrogen) atoms. The van der Waals surface area contributed by atoms with Gasteiger partial charge < -0.3 is 4.74 Å². The van der Waals surface area contributed by atoms with Crippen LogP contribution in [0.3, 0.4) is 0 Å². The van der Waals surface area contributed by atoms with E-state index in [1.54, 1.807) is 0 Å². The van der Waals surface area contributed by atoms with Gasteiger partial charge in [-0.3, -0.25) is 10.1 Å². The van der Waals surface area contributed by atoms with E-state index in [4.69, 9.17) is 4.74 Å². The number of methoxy groups -OCH3 is 1. The van der Waals surface area contributed by atoms with Crippen molar-refractivity contribution in [3.63, 3.8) is 0 Å². The lowest BCUT2D eigenvalue weighted by atomic mass is 10.3. The zero-order valence-corrected chi connectivity index (χ0v) is 8.29. The normalized spacial score (nSPS) is 9.36. The lowest BCUT2D eigenvalue weighted by Crippen LogP contribution is -2.09.